The molecule has 34 heavy (non-hydrogen) atoms. The first kappa shape index (κ1) is 23.2. The zero-order valence-corrected chi connectivity index (χ0v) is 20.3. The molecule has 0 aliphatic heterocycles. The lowest BCUT2D eigenvalue weighted by Crippen LogP contribution is -2.02. The molecule has 1 N–H and O–H groups in total. The van der Waals surface area contributed by atoms with Crippen LogP contribution in [0.1, 0.15) is 29.2 Å². The average molecular weight is 452 g/mol. The smallest absolute Gasteiger partial charge is 0.167 e. The lowest BCUT2D eigenvalue weighted by atomic mass is 10.0. The molecule has 0 fully saturated rings. The minimum Gasteiger partial charge on any atom is -0.507 e. The number of hydrogen-bond acceptors (Lipinski definition) is 5. The van der Waals surface area contributed by atoms with Crippen LogP contribution < -0.4 is 4.74 Å². The summed E-state index contributed by atoms with van der Waals surface area (Å²) in [6.45, 7) is 10.6. The van der Waals surface area contributed by atoms with Gasteiger partial charge in [-0.3, -0.25) is 0 Å². The highest BCUT2D eigenvalue weighted by molar-refractivity contribution is 5.72. The van der Waals surface area contributed by atoms with Crippen LogP contribution in [0.4, 0.5) is 0 Å². The number of nitrogens with zero attached hydrogens (tertiary/aromatic N) is 3. The Morgan fingerprint density at radius 2 is 1.21 bits per heavy atom. The summed E-state index contributed by atoms with van der Waals surface area (Å²) < 4.78 is 5.66. The van der Waals surface area contributed by atoms with E-state index in [4.69, 9.17) is 19.7 Å². The Morgan fingerprint density at radius 1 is 0.706 bits per heavy atom. The molecule has 0 aliphatic carbocycles. The van der Waals surface area contributed by atoms with Gasteiger partial charge in [0.1, 0.15) is 18.1 Å². The molecular weight excluding hydrogens is 422 g/mol. The summed E-state index contributed by atoms with van der Waals surface area (Å²) in [5.41, 5.74) is 6.92. The minimum absolute atomic E-state index is 0.0577. The zero-order valence-electron chi connectivity index (χ0n) is 20.3. The van der Waals surface area contributed by atoms with E-state index in [1.165, 1.54) is 11.1 Å². The number of aromatic hydroxyl groups is 1. The number of aromatic nitrogens is 3. The number of aryl methyl sites for hydroxylation is 4. The third-order valence-corrected chi connectivity index (χ3v) is 5.67. The van der Waals surface area contributed by atoms with Gasteiger partial charge >= 0.3 is 0 Å². The molecule has 5 nitrogen and oxygen atoms in total. The van der Waals surface area contributed by atoms with Gasteiger partial charge in [-0.2, -0.15) is 0 Å². The largest absolute Gasteiger partial charge is 0.507 e. The molecular formula is C29H29N3O2. The Morgan fingerprint density at radius 3 is 1.68 bits per heavy atom. The predicted molar refractivity (Wildman–Crippen MR) is 137 cm³/mol. The van der Waals surface area contributed by atoms with Crippen molar-refractivity contribution < 1.29 is 9.84 Å². The fourth-order valence-electron chi connectivity index (χ4n) is 3.90. The summed E-state index contributed by atoms with van der Waals surface area (Å²) in [4.78, 5) is 14.4. The van der Waals surface area contributed by atoms with Gasteiger partial charge in [-0.1, -0.05) is 59.7 Å². The number of phenolic OH excluding ortho intramolecular Hbond substituents is 1. The van der Waals surface area contributed by atoms with Crippen LogP contribution in [0.5, 0.6) is 11.5 Å². The van der Waals surface area contributed by atoms with Crippen LogP contribution in [0.3, 0.4) is 0 Å². The Labute approximate surface area is 200 Å². The lowest BCUT2D eigenvalue weighted by Gasteiger charge is -2.13. The molecule has 0 amide bonds. The van der Waals surface area contributed by atoms with Gasteiger partial charge in [0, 0.05) is 17.2 Å². The van der Waals surface area contributed by atoms with E-state index in [-0.39, 0.29) is 5.75 Å². The second-order valence-corrected chi connectivity index (χ2v) is 8.50. The average Bonchev–Trinajstić information content (AvgIpc) is 2.79. The summed E-state index contributed by atoms with van der Waals surface area (Å²) in [6.07, 6.45) is 3.82. The minimum atomic E-state index is 0.0577. The normalized spacial score (nSPS) is 11.2. The second-order valence-electron chi connectivity index (χ2n) is 8.50. The van der Waals surface area contributed by atoms with Crippen molar-refractivity contribution in [3.8, 4) is 45.7 Å². The first-order valence-electron chi connectivity index (χ1n) is 11.3. The summed E-state index contributed by atoms with van der Waals surface area (Å²) >= 11 is 0. The molecule has 4 aromatic rings. The first-order chi connectivity index (χ1) is 16.4. The molecule has 4 rings (SSSR count). The van der Waals surface area contributed by atoms with E-state index in [0.29, 0.717) is 35.4 Å². The monoisotopic (exact) mass is 451 g/mol. The Hall–Kier alpha value is -3.99. The molecule has 0 unspecified atom stereocenters. The molecule has 3 aromatic carbocycles. The van der Waals surface area contributed by atoms with E-state index in [1.54, 1.807) is 12.1 Å². The van der Waals surface area contributed by atoms with E-state index in [1.807, 2.05) is 37.3 Å². The van der Waals surface area contributed by atoms with Crippen molar-refractivity contribution in [2.24, 2.45) is 0 Å². The maximum Gasteiger partial charge on any atom is 0.167 e. The molecule has 1 aromatic heterocycles. The summed E-state index contributed by atoms with van der Waals surface area (Å²) in [5, 5.41) is 10.8. The van der Waals surface area contributed by atoms with Crippen LogP contribution in [-0.2, 0) is 0 Å². The molecule has 172 valence electrons. The zero-order chi connectivity index (χ0) is 24.2. The molecule has 0 spiro atoms. The Kier molecular flexibility index (Phi) is 6.73. The van der Waals surface area contributed by atoms with Gasteiger partial charge in [0.2, 0.25) is 0 Å². The number of ether oxygens (including phenoxy) is 1. The molecule has 0 aliphatic rings. The molecule has 0 saturated heterocycles. The highest BCUT2D eigenvalue weighted by Crippen LogP contribution is 2.34. The molecule has 0 bridgehead atoms. The van der Waals surface area contributed by atoms with Crippen molar-refractivity contribution in [2.45, 2.75) is 34.6 Å². The van der Waals surface area contributed by atoms with Crippen LogP contribution >= 0.6 is 0 Å². The van der Waals surface area contributed by atoms with Crippen molar-refractivity contribution in [1.29, 1.82) is 0 Å². The number of hydrogen-bond donors (Lipinski definition) is 1. The molecule has 0 saturated carbocycles. The van der Waals surface area contributed by atoms with Crippen molar-refractivity contribution >= 4 is 0 Å². The Bertz CT molecular complexity index is 1310. The molecule has 0 radical (unpaired) electrons. The van der Waals surface area contributed by atoms with Crippen LogP contribution in [0, 0.1) is 27.7 Å². The number of allylic oxidation sites excluding steroid dienone is 1. The van der Waals surface area contributed by atoms with E-state index < -0.39 is 0 Å². The first-order valence-corrected chi connectivity index (χ1v) is 11.3. The van der Waals surface area contributed by atoms with Crippen molar-refractivity contribution in [3.05, 3.63) is 89.0 Å². The number of phenols is 1. The predicted octanol–water partition coefficient (Wildman–Crippen LogP) is 6.77. The van der Waals surface area contributed by atoms with Crippen molar-refractivity contribution in [3.63, 3.8) is 0 Å². The van der Waals surface area contributed by atoms with Gasteiger partial charge in [-0.15, -0.1) is 0 Å². The fourth-order valence-corrected chi connectivity index (χ4v) is 3.90. The highest BCUT2D eigenvalue weighted by atomic mass is 16.5. The van der Waals surface area contributed by atoms with Gasteiger partial charge in [0.05, 0.1) is 5.56 Å². The number of benzene rings is 3. The maximum absolute atomic E-state index is 10.8. The second kappa shape index (κ2) is 9.87. The SMILES string of the molecule is CC=CCOc1ccc(-c2nc(-c3ccc(C)cc3C)nc(-c3ccc(C)cc3C)n2)c(O)c1. The van der Waals surface area contributed by atoms with Crippen LogP contribution in [0.2, 0.25) is 0 Å². The molecule has 5 heteroatoms. The summed E-state index contributed by atoms with van der Waals surface area (Å²) in [5.74, 6) is 2.20. The van der Waals surface area contributed by atoms with Gasteiger partial charge in [-0.25, -0.2) is 15.0 Å². The molecule has 0 atom stereocenters. The Balaban J connectivity index is 1.87. The maximum atomic E-state index is 10.8. The quantitative estimate of drug-likeness (QED) is 0.328. The fraction of sp³-hybridized carbons (Fsp3) is 0.207. The third kappa shape index (κ3) is 4.99. The van der Waals surface area contributed by atoms with E-state index in [9.17, 15) is 5.11 Å². The topological polar surface area (TPSA) is 68.1 Å². The highest BCUT2D eigenvalue weighted by Gasteiger charge is 2.17. The van der Waals surface area contributed by atoms with Gasteiger partial charge in [-0.05, 0) is 57.9 Å². The van der Waals surface area contributed by atoms with Gasteiger partial charge in [0.15, 0.2) is 17.5 Å². The van der Waals surface area contributed by atoms with E-state index >= 15 is 0 Å². The van der Waals surface area contributed by atoms with Gasteiger partial charge < -0.3 is 9.84 Å². The van der Waals surface area contributed by atoms with Crippen LogP contribution in [-0.4, -0.2) is 26.7 Å². The molecule has 1 heterocycles. The van der Waals surface area contributed by atoms with Crippen LogP contribution in [0.25, 0.3) is 34.2 Å². The van der Waals surface area contributed by atoms with Crippen molar-refractivity contribution in [1.82, 2.24) is 15.0 Å². The van der Waals surface area contributed by atoms with E-state index in [0.717, 1.165) is 22.3 Å². The van der Waals surface area contributed by atoms with Crippen molar-refractivity contribution in [2.75, 3.05) is 6.61 Å². The van der Waals surface area contributed by atoms with Crippen LogP contribution in [0.15, 0.2) is 66.7 Å². The standard InChI is InChI=1S/C29H29N3O2/c1-6-7-14-34-22-10-13-25(26(33)17-22)29-31-27(23-11-8-18(2)15-20(23)4)30-28(32-29)24-12-9-19(3)16-21(24)5/h6-13,15-17,33H,14H2,1-5H3. The summed E-state index contributed by atoms with van der Waals surface area (Å²) in [6, 6.07) is 17.6. The summed E-state index contributed by atoms with van der Waals surface area (Å²) in [7, 11) is 0. The van der Waals surface area contributed by atoms with E-state index in [2.05, 4.69) is 52.0 Å². The third-order valence-electron chi connectivity index (χ3n) is 5.67. The number of rotatable bonds is 6. The lowest BCUT2D eigenvalue weighted by molar-refractivity contribution is 0.359. The van der Waals surface area contributed by atoms with Gasteiger partial charge in [0.25, 0.3) is 0 Å².